The Hall–Kier alpha value is -0.0900. The Morgan fingerprint density at radius 1 is 1.29 bits per heavy atom. The van der Waals surface area contributed by atoms with Gasteiger partial charge in [-0.3, -0.25) is 0 Å². The van der Waals surface area contributed by atoms with Crippen LogP contribution in [-0.4, -0.2) is 31.1 Å². The van der Waals surface area contributed by atoms with Gasteiger partial charge in [-0.1, -0.05) is 37.8 Å². The van der Waals surface area contributed by atoms with E-state index < -0.39 is 0 Å². The van der Waals surface area contributed by atoms with Crippen LogP contribution in [0, 0.1) is 5.92 Å². The molecular formula is C17H29ClN2S. The van der Waals surface area contributed by atoms with Crippen molar-refractivity contribution in [3.63, 3.8) is 0 Å². The highest BCUT2D eigenvalue weighted by atomic mass is 35.5. The molecule has 2 nitrogen and oxygen atoms in total. The lowest BCUT2D eigenvalue weighted by Gasteiger charge is -2.30. The van der Waals surface area contributed by atoms with Gasteiger partial charge in [-0.25, -0.2) is 0 Å². The van der Waals surface area contributed by atoms with Crippen LogP contribution in [0.3, 0.4) is 0 Å². The summed E-state index contributed by atoms with van der Waals surface area (Å²) in [5.41, 5.74) is 0. The van der Waals surface area contributed by atoms with Crippen LogP contribution in [0.4, 0.5) is 0 Å². The van der Waals surface area contributed by atoms with Crippen molar-refractivity contribution in [2.75, 3.05) is 20.1 Å². The Kier molecular flexibility index (Phi) is 7.51. The maximum absolute atomic E-state index is 6.03. The fraction of sp³-hybridized carbons (Fsp3) is 0.765. The van der Waals surface area contributed by atoms with Crippen LogP contribution in [0.1, 0.15) is 50.3 Å². The van der Waals surface area contributed by atoms with Crippen molar-refractivity contribution in [3.05, 3.63) is 21.3 Å². The average Bonchev–Trinajstić information content (AvgIpc) is 2.73. The van der Waals surface area contributed by atoms with Gasteiger partial charge in [-0.05, 0) is 50.9 Å². The number of thiophene rings is 1. The zero-order valence-electron chi connectivity index (χ0n) is 13.4. The topological polar surface area (TPSA) is 15.3 Å². The molecule has 1 saturated carbocycles. The van der Waals surface area contributed by atoms with Crippen molar-refractivity contribution in [3.8, 4) is 0 Å². The van der Waals surface area contributed by atoms with Crippen molar-refractivity contribution in [2.45, 2.75) is 58.0 Å². The van der Waals surface area contributed by atoms with E-state index in [4.69, 9.17) is 11.6 Å². The quantitative estimate of drug-likeness (QED) is 0.724. The maximum atomic E-state index is 6.03. The molecule has 1 aliphatic rings. The second-order valence-electron chi connectivity index (χ2n) is 6.36. The van der Waals surface area contributed by atoms with Crippen LogP contribution < -0.4 is 5.32 Å². The Labute approximate surface area is 138 Å². The van der Waals surface area contributed by atoms with Gasteiger partial charge in [-0.2, -0.15) is 0 Å². The number of halogens is 1. The lowest BCUT2D eigenvalue weighted by molar-refractivity contribution is 0.220. The summed E-state index contributed by atoms with van der Waals surface area (Å²) in [7, 11) is 2.25. The standard InChI is InChI=1S/C17H29ClN2S/c1-3-11-19-16-8-6-4-5-7-14(16)12-20(2)13-15-9-10-17(18)21-15/h9-10,14,16,19H,3-8,11-13H2,1-2H3. The van der Waals surface area contributed by atoms with E-state index >= 15 is 0 Å². The fourth-order valence-corrected chi connectivity index (χ4v) is 4.54. The average molecular weight is 329 g/mol. The van der Waals surface area contributed by atoms with E-state index in [1.54, 1.807) is 11.3 Å². The van der Waals surface area contributed by atoms with Crippen LogP contribution in [-0.2, 0) is 6.54 Å². The lowest BCUT2D eigenvalue weighted by Crippen LogP contribution is -2.41. The highest BCUT2D eigenvalue weighted by Crippen LogP contribution is 2.26. The molecule has 1 heterocycles. The number of hydrogen-bond acceptors (Lipinski definition) is 3. The molecule has 2 rings (SSSR count). The Balaban J connectivity index is 1.87. The SMILES string of the molecule is CCCNC1CCCCCC1CN(C)Cc1ccc(Cl)s1. The number of hydrogen-bond donors (Lipinski definition) is 1. The summed E-state index contributed by atoms with van der Waals surface area (Å²) < 4.78 is 0.898. The summed E-state index contributed by atoms with van der Waals surface area (Å²) in [6, 6.07) is 4.87. The third-order valence-corrected chi connectivity index (χ3v) is 5.63. The van der Waals surface area contributed by atoms with E-state index in [9.17, 15) is 0 Å². The minimum Gasteiger partial charge on any atom is -0.314 e. The second kappa shape index (κ2) is 9.14. The molecule has 0 aliphatic heterocycles. The van der Waals surface area contributed by atoms with Gasteiger partial charge in [0.2, 0.25) is 0 Å². The smallest absolute Gasteiger partial charge is 0.0931 e. The molecule has 21 heavy (non-hydrogen) atoms. The maximum Gasteiger partial charge on any atom is 0.0931 e. The van der Waals surface area contributed by atoms with E-state index in [1.165, 1.54) is 49.9 Å². The monoisotopic (exact) mass is 328 g/mol. The van der Waals surface area contributed by atoms with E-state index in [0.29, 0.717) is 6.04 Å². The van der Waals surface area contributed by atoms with Crippen molar-refractivity contribution in [2.24, 2.45) is 5.92 Å². The van der Waals surface area contributed by atoms with Gasteiger partial charge in [0.1, 0.15) is 0 Å². The summed E-state index contributed by atoms with van der Waals surface area (Å²) in [5.74, 6) is 0.791. The third kappa shape index (κ3) is 5.90. The first-order valence-corrected chi connectivity index (χ1v) is 9.54. The minimum atomic E-state index is 0.710. The normalized spacial score (nSPS) is 23.4. The van der Waals surface area contributed by atoms with Crippen molar-refractivity contribution in [1.29, 1.82) is 0 Å². The molecule has 0 amide bonds. The zero-order valence-corrected chi connectivity index (χ0v) is 15.0. The second-order valence-corrected chi connectivity index (χ2v) is 8.16. The Morgan fingerprint density at radius 3 is 2.81 bits per heavy atom. The van der Waals surface area contributed by atoms with Crippen molar-refractivity contribution >= 4 is 22.9 Å². The Morgan fingerprint density at radius 2 is 2.10 bits per heavy atom. The molecule has 0 spiro atoms. The first kappa shape index (κ1) is 17.3. The zero-order chi connectivity index (χ0) is 15.1. The lowest BCUT2D eigenvalue weighted by atomic mass is 9.94. The molecule has 0 aromatic carbocycles. The van der Waals surface area contributed by atoms with Crippen LogP contribution in [0.15, 0.2) is 12.1 Å². The van der Waals surface area contributed by atoms with Gasteiger partial charge in [0.15, 0.2) is 0 Å². The van der Waals surface area contributed by atoms with Crippen LogP contribution in [0.5, 0.6) is 0 Å². The molecule has 120 valence electrons. The molecule has 2 unspecified atom stereocenters. The molecule has 1 aliphatic carbocycles. The molecule has 1 fully saturated rings. The summed E-state index contributed by atoms with van der Waals surface area (Å²) >= 11 is 7.73. The van der Waals surface area contributed by atoms with E-state index in [1.807, 2.05) is 6.07 Å². The van der Waals surface area contributed by atoms with Gasteiger partial charge in [0, 0.05) is 24.0 Å². The number of nitrogens with one attached hydrogen (secondary N) is 1. The van der Waals surface area contributed by atoms with Gasteiger partial charge in [-0.15, -0.1) is 11.3 Å². The Bertz CT molecular complexity index is 407. The van der Waals surface area contributed by atoms with Gasteiger partial charge in [0.25, 0.3) is 0 Å². The first-order valence-electron chi connectivity index (χ1n) is 8.35. The largest absolute Gasteiger partial charge is 0.314 e. The molecule has 1 aromatic rings. The molecule has 2 atom stereocenters. The fourth-order valence-electron chi connectivity index (χ4n) is 3.37. The third-order valence-electron chi connectivity index (χ3n) is 4.42. The summed E-state index contributed by atoms with van der Waals surface area (Å²) in [5, 5.41) is 3.79. The molecule has 1 aromatic heterocycles. The van der Waals surface area contributed by atoms with E-state index in [0.717, 1.165) is 23.3 Å². The molecule has 0 radical (unpaired) electrons. The summed E-state index contributed by atoms with van der Waals surface area (Å²) in [4.78, 5) is 3.84. The predicted molar refractivity (Wildman–Crippen MR) is 94.3 cm³/mol. The highest BCUT2D eigenvalue weighted by Gasteiger charge is 2.24. The summed E-state index contributed by atoms with van der Waals surface area (Å²) in [6.07, 6.45) is 8.15. The van der Waals surface area contributed by atoms with Gasteiger partial charge >= 0.3 is 0 Å². The first-order chi connectivity index (χ1) is 10.2. The van der Waals surface area contributed by atoms with Crippen molar-refractivity contribution < 1.29 is 0 Å². The molecule has 1 N–H and O–H groups in total. The summed E-state index contributed by atoms with van der Waals surface area (Å²) in [6.45, 7) is 5.63. The minimum absolute atomic E-state index is 0.710. The molecule has 0 saturated heterocycles. The molecule has 0 bridgehead atoms. The van der Waals surface area contributed by atoms with Gasteiger partial charge in [0.05, 0.1) is 4.34 Å². The molecule has 4 heteroatoms. The number of nitrogens with zero attached hydrogens (tertiary/aromatic N) is 1. The van der Waals surface area contributed by atoms with E-state index in [-0.39, 0.29) is 0 Å². The molecular weight excluding hydrogens is 300 g/mol. The van der Waals surface area contributed by atoms with Crippen molar-refractivity contribution in [1.82, 2.24) is 10.2 Å². The van der Waals surface area contributed by atoms with E-state index in [2.05, 4.69) is 30.3 Å². The predicted octanol–water partition coefficient (Wildman–Crippen LogP) is 4.78. The van der Waals surface area contributed by atoms with Crippen LogP contribution >= 0.6 is 22.9 Å². The van der Waals surface area contributed by atoms with Gasteiger partial charge < -0.3 is 10.2 Å². The highest BCUT2D eigenvalue weighted by molar-refractivity contribution is 7.16. The van der Waals surface area contributed by atoms with Crippen LogP contribution in [0.2, 0.25) is 4.34 Å². The number of rotatable bonds is 7. The van der Waals surface area contributed by atoms with Crippen LogP contribution in [0.25, 0.3) is 0 Å².